The lowest BCUT2D eigenvalue weighted by molar-refractivity contribution is 0.698. The van der Waals surface area contributed by atoms with Crippen molar-refractivity contribution < 1.29 is 0 Å². The third-order valence-corrected chi connectivity index (χ3v) is 13.4. The highest BCUT2D eigenvalue weighted by Crippen LogP contribution is 2.36. The predicted octanol–water partition coefficient (Wildman–Crippen LogP) is 5.41. The molecule has 0 saturated carbocycles. The normalized spacial score (nSPS) is 11.4. The average molecular weight is 501 g/mol. The Morgan fingerprint density at radius 1 is 0.649 bits per heavy atom. The largest absolute Gasteiger partial charge is 0.340 e. The minimum Gasteiger partial charge on any atom is -0.340 e. The first-order chi connectivity index (χ1) is 17.9. The molecule has 0 N–H and O–H groups in total. The lowest BCUT2D eigenvalue weighted by Gasteiger charge is -2.44. The lowest BCUT2D eigenvalue weighted by Crippen LogP contribution is -2.67. The standard InChI is InChI=1S/C20H24N2Si.C13H13B/c1-20(2,3)23(17-22-15-14-21-16-22,18-10-6-4-7-11-18)19-12-8-5-9-13-19;1-14(12-8-4-2-5-9-12)13-10-6-3-7-11-13/h4-16H,17H2,1-3H3;2-11H,1H3. The molecule has 2 nitrogen and oxygen atoms in total. The highest BCUT2D eigenvalue weighted by molar-refractivity contribution is 7.03. The monoisotopic (exact) mass is 500 g/mol. The van der Waals surface area contributed by atoms with Gasteiger partial charge in [0, 0.05) is 18.6 Å². The summed E-state index contributed by atoms with van der Waals surface area (Å²) in [6.45, 7) is 9.88. The summed E-state index contributed by atoms with van der Waals surface area (Å²) in [5.41, 5.74) is 2.75. The SMILES string of the molecule is CB(c1ccccc1)c1ccccc1.CC(C)(C)[Si](Cn1ccnc1)(c1ccccc1)c1ccccc1. The fraction of sp³-hybridized carbons (Fsp3) is 0.182. The summed E-state index contributed by atoms with van der Waals surface area (Å²) in [5, 5.41) is 3.14. The van der Waals surface area contributed by atoms with Gasteiger partial charge in [0.1, 0.15) is 8.07 Å². The Kier molecular flexibility index (Phi) is 8.63. The van der Waals surface area contributed by atoms with E-state index in [0.717, 1.165) is 6.17 Å². The van der Waals surface area contributed by atoms with Crippen molar-refractivity contribution in [3.8, 4) is 0 Å². The summed E-state index contributed by atoms with van der Waals surface area (Å²) in [6, 6.07) is 43.3. The molecular weight excluding hydrogens is 463 g/mol. The molecule has 0 fully saturated rings. The smallest absolute Gasteiger partial charge is 0.206 e. The van der Waals surface area contributed by atoms with Gasteiger partial charge in [0.2, 0.25) is 6.71 Å². The molecule has 4 aromatic carbocycles. The van der Waals surface area contributed by atoms with Crippen molar-refractivity contribution in [3.05, 3.63) is 140 Å². The maximum Gasteiger partial charge on any atom is 0.206 e. The molecule has 0 unspecified atom stereocenters. The Labute approximate surface area is 224 Å². The zero-order valence-electron chi connectivity index (χ0n) is 22.5. The highest BCUT2D eigenvalue weighted by atomic mass is 28.3. The Morgan fingerprint density at radius 2 is 1.05 bits per heavy atom. The molecular formula is C33H37BN2Si. The van der Waals surface area contributed by atoms with Crippen LogP contribution in [-0.2, 0) is 6.17 Å². The molecule has 0 aliphatic carbocycles. The van der Waals surface area contributed by atoms with Crippen LogP contribution < -0.4 is 21.3 Å². The van der Waals surface area contributed by atoms with Gasteiger partial charge in [0.05, 0.1) is 6.33 Å². The molecule has 0 atom stereocenters. The van der Waals surface area contributed by atoms with Gasteiger partial charge < -0.3 is 4.57 Å². The van der Waals surface area contributed by atoms with Crippen molar-refractivity contribution in [2.75, 3.05) is 0 Å². The molecule has 0 saturated heterocycles. The molecule has 0 bridgehead atoms. The van der Waals surface area contributed by atoms with Gasteiger partial charge in [-0.25, -0.2) is 4.98 Å². The van der Waals surface area contributed by atoms with Crippen LogP contribution in [0.25, 0.3) is 0 Å². The van der Waals surface area contributed by atoms with Crippen molar-refractivity contribution in [3.63, 3.8) is 0 Å². The predicted molar refractivity (Wildman–Crippen MR) is 164 cm³/mol. The maximum absolute atomic E-state index is 4.26. The summed E-state index contributed by atoms with van der Waals surface area (Å²) in [6.07, 6.45) is 6.90. The van der Waals surface area contributed by atoms with E-state index in [1.54, 1.807) is 0 Å². The summed E-state index contributed by atoms with van der Waals surface area (Å²) in [7, 11) is -2.03. The van der Waals surface area contributed by atoms with Gasteiger partial charge in [-0.3, -0.25) is 0 Å². The number of hydrogen-bond donors (Lipinski definition) is 0. The van der Waals surface area contributed by atoms with E-state index in [0.29, 0.717) is 6.71 Å². The van der Waals surface area contributed by atoms with E-state index in [-0.39, 0.29) is 5.04 Å². The average Bonchev–Trinajstić information content (AvgIpc) is 3.46. The van der Waals surface area contributed by atoms with E-state index < -0.39 is 8.07 Å². The van der Waals surface area contributed by atoms with Crippen molar-refractivity contribution in [2.24, 2.45) is 0 Å². The third-order valence-electron chi connectivity index (χ3n) is 7.39. The van der Waals surface area contributed by atoms with E-state index in [2.05, 4.69) is 165 Å². The summed E-state index contributed by atoms with van der Waals surface area (Å²) < 4.78 is 2.25. The number of aromatic nitrogens is 2. The maximum atomic E-state index is 4.26. The van der Waals surface area contributed by atoms with Crippen molar-refractivity contribution in [1.29, 1.82) is 0 Å². The fourth-order valence-electron chi connectivity index (χ4n) is 5.23. The van der Waals surface area contributed by atoms with Crippen LogP contribution in [0.5, 0.6) is 0 Å². The Balaban J connectivity index is 0.000000195. The van der Waals surface area contributed by atoms with E-state index in [1.807, 2.05) is 12.5 Å². The van der Waals surface area contributed by atoms with Crippen molar-refractivity contribution in [1.82, 2.24) is 9.55 Å². The minimum absolute atomic E-state index is 0.181. The quantitative estimate of drug-likeness (QED) is 0.285. The van der Waals surface area contributed by atoms with E-state index >= 15 is 0 Å². The Hall–Kier alpha value is -3.63. The summed E-state index contributed by atoms with van der Waals surface area (Å²) in [4.78, 5) is 4.26. The molecule has 4 heteroatoms. The molecule has 0 amide bonds. The van der Waals surface area contributed by atoms with Crippen LogP contribution in [0.4, 0.5) is 0 Å². The topological polar surface area (TPSA) is 17.8 Å². The molecule has 0 aliphatic heterocycles. The van der Waals surface area contributed by atoms with E-state index in [9.17, 15) is 0 Å². The van der Waals surface area contributed by atoms with Crippen molar-refractivity contribution in [2.45, 2.75) is 38.8 Å². The van der Waals surface area contributed by atoms with Crippen LogP contribution in [0.1, 0.15) is 20.8 Å². The summed E-state index contributed by atoms with van der Waals surface area (Å²) >= 11 is 0. The first kappa shape index (κ1) is 26.4. The second kappa shape index (κ2) is 12.1. The molecule has 0 radical (unpaired) electrons. The number of rotatable bonds is 6. The first-order valence-corrected chi connectivity index (χ1v) is 15.3. The van der Waals surface area contributed by atoms with Crippen LogP contribution in [0.3, 0.4) is 0 Å². The molecule has 5 rings (SSSR count). The molecule has 5 aromatic rings. The van der Waals surface area contributed by atoms with Gasteiger partial charge in [-0.05, 0) is 5.04 Å². The minimum atomic E-state index is -2.03. The van der Waals surface area contributed by atoms with Gasteiger partial charge in [0.25, 0.3) is 0 Å². The number of nitrogens with zero attached hydrogens (tertiary/aromatic N) is 2. The molecule has 37 heavy (non-hydrogen) atoms. The third kappa shape index (κ3) is 6.21. The van der Waals surface area contributed by atoms with Crippen LogP contribution >= 0.6 is 0 Å². The fourth-order valence-corrected chi connectivity index (χ4v) is 10.4. The zero-order valence-corrected chi connectivity index (χ0v) is 23.5. The summed E-state index contributed by atoms with van der Waals surface area (Å²) in [5.74, 6) is 0. The van der Waals surface area contributed by atoms with Gasteiger partial charge in [-0.1, -0.05) is 170 Å². The van der Waals surface area contributed by atoms with Crippen LogP contribution in [-0.4, -0.2) is 24.3 Å². The molecule has 0 spiro atoms. The second-order valence-electron chi connectivity index (χ2n) is 10.7. The second-order valence-corrected chi connectivity index (χ2v) is 15.4. The first-order valence-electron chi connectivity index (χ1n) is 13.1. The van der Waals surface area contributed by atoms with Crippen molar-refractivity contribution >= 4 is 36.1 Å². The Morgan fingerprint density at radius 3 is 1.41 bits per heavy atom. The van der Waals surface area contributed by atoms with Gasteiger partial charge >= 0.3 is 0 Å². The van der Waals surface area contributed by atoms with Gasteiger partial charge in [0.15, 0.2) is 0 Å². The molecule has 0 aliphatic rings. The Bertz CT molecular complexity index is 1240. The molecule has 186 valence electrons. The van der Waals surface area contributed by atoms with E-state index in [1.165, 1.54) is 21.3 Å². The number of hydrogen-bond acceptors (Lipinski definition) is 1. The lowest BCUT2D eigenvalue weighted by atomic mass is 9.43. The highest BCUT2D eigenvalue weighted by Gasteiger charge is 2.47. The molecule has 1 aromatic heterocycles. The van der Waals surface area contributed by atoms with Crippen LogP contribution in [0, 0.1) is 0 Å². The number of imidazole rings is 1. The number of benzene rings is 4. The van der Waals surface area contributed by atoms with Crippen LogP contribution in [0.15, 0.2) is 140 Å². The zero-order chi connectivity index (χ0) is 26.1. The van der Waals surface area contributed by atoms with E-state index in [4.69, 9.17) is 0 Å². The van der Waals surface area contributed by atoms with Gasteiger partial charge in [-0.2, -0.15) is 0 Å². The van der Waals surface area contributed by atoms with Crippen LogP contribution in [0.2, 0.25) is 11.9 Å². The molecule has 1 heterocycles. The van der Waals surface area contributed by atoms with Gasteiger partial charge in [-0.15, -0.1) is 0 Å².